The second kappa shape index (κ2) is 8.95. The number of carbonyl (C=O) groups is 1. The van der Waals surface area contributed by atoms with Gasteiger partial charge < -0.3 is 0 Å². The van der Waals surface area contributed by atoms with Crippen LogP contribution in [0.15, 0.2) is 0 Å². The Morgan fingerprint density at radius 1 is 0.842 bits per heavy atom. The fraction of sp³-hybridized carbons (Fsp3) is 0.938. The molecule has 0 N–H and O–H groups in total. The van der Waals surface area contributed by atoms with Crippen LogP contribution in [0.2, 0.25) is 0 Å². The van der Waals surface area contributed by atoms with E-state index >= 15 is 0 Å². The Bertz CT molecular complexity index is 239. The van der Waals surface area contributed by atoms with Crippen LogP contribution in [0.1, 0.15) is 73.1 Å². The Morgan fingerprint density at radius 2 is 1.21 bits per heavy atom. The van der Waals surface area contributed by atoms with Crippen LogP contribution in [-0.4, -0.2) is 30.6 Å². The molecule has 0 aromatic rings. The van der Waals surface area contributed by atoms with Gasteiger partial charge in [0.25, 0.3) is 0 Å². The van der Waals surface area contributed by atoms with Crippen molar-refractivity contribution in [3.8, 4) is 0 Å². The SMILES string of the molecule is CCCCP(CC)(CCCC)(CCCC)OC(C)=O. The predicted molar refractivity (Wildman–Crippen MR) is 88.6 cm³/mol. The summed E-state index contributed by atoms with van der Waals surface area (Å²) in [4.78, 5) is 11.7. The number of carbonyl (C=O) groups excluding carboxylic acids is 1. The molecule has 0 saturated heterocycles. The quantitative estimate of drug-likeness (QED) is 0.474. The molecule has 0 radical (unpaired) electrons. The summed E-state index contributed by atoms with van der Waals surface area (Å²) >= 11 is 0. The molecule has 0 aromatic carbocycles. The fourth-order valence-corrected chi connectivity index (χ4v) is 9.15. The van der Waals surface area contributed by atoms with E-state index in [4.69, 9.17) is 4.52 Å². The standard InChI is InChI=1S/C16H35O2P/c1-6-10-13-19(9-4,14-11-7-2,15-12-8-3)18-16(5)17/h6-15H2,1-5H3. The summed E-state index contributed by atoms with van der Waals surface area (Å²) in [5.74, 6) is -0.0529. The number of unbranched alkanes of at least 4 members (excludes halogenated alkanes) is 3. The normalized spacial score (nSPS) is 13.8. The van der Waals surface area contributed by atoms with E-state index in [1.807, 2.05) is 0 Å². The number of hydrogen-bond acceptors (Lipinski definition) is 2. The topological polar surface area (TPSA) is 26.3 Å². The van der Waals surface area contributed by atoms with Crippen LogP contribution in [0.3, 0.4) is 0 Å². The van der Waals surface area contributed by atoms with Crippen molar-refractivity contribution >= 4 is 12.8 Å². The molecule has 0 atom stereocenters. The molecule has 0 aromatic heterocycles. The summed E-state index contributed by atoms with van der Waals surface area (Å²) < 4.78 is 6.17. The summed E-state index contributed by atoms with van der Waals surface area (Å²) in [6.07, 6.45) is 11.7. The van der Waals surface area contributed by atoms with Crippen LogP contribution < -0.4 is 0 Å². The molecule has 0 unspecified atom stereocenters. The van der Waals surface area contributed by atoms with Gasteiger partial charge in [0.15, 0.2) is 0 Å². The van der Waals surface area contributed by atoms with Crippen molar-refractivity contribution < 1.29 is 9.32 Å². The monoisotopic (exact) mass is 290 g/mol. The summed E-state index contributed by atoms with van der Waals surface area (Å²) in [5, 5.41) is 0. The summed E-state index contributed by atoms with van der Waals surface area (Å²) in [5.41, 5.74) is 0. The maximum absolute atomic E-state index is 11.7. The van der Waals surface area contributed by atoms with Gasteiger partial charge in [0.1, 0.15) is 0 Å². The van der Waals surface area contributed by atoms with Gasteiger partial charge in [-0.15, -0.1) is 0 Å². The van der Waals surface area contributed by atoms with Gasteiger partial charge in [0.05, 0.1) is 0 Å². The zero-order chi connectivity index (χ0) is 14.8. The predicted octanol–water partition coefficient (Wildman–Crippen LogP) is 5.44. The second-order valence-electron chi connectivity index (χ2n) is 5.99. The zero-order valence-electron chi connectivity index (χ0n) is 13.8. The Morgan fingerprint density at radius 3 is 1.42 bits per heavy atom. The third-order valence-electron chi connectivity index (χ3n) is 4.42. The van der Waals surface area contributed by atoms with Crippen LogP contribution in [0, 0.1) is 0 Å². The Hall–Kier alpha value is -0.100. The van der Waals surface area contributed by atoms with Crippen LogP contribution >= 0.6 is 6.83 Å². The molecule has 2 nitrogen and oxygen atoms in total. The molecule has 0 rings (SSSR count). The molecular formula is C16H35O2P. The molecule has 0 fully saturated rings. The molecule has 0 saturated carbocycles. The first kappa shape index (κ1) is 18.9. The fourth-order valence-electron chi connectivity index (χ4n) is 3.05. The molecule has 0 heterocycles. The van der Waals surface area contributed by atoms with Crippen molar-refractivity contribution in [1.82, 2.24) is 0 Å². The average molecular weight is 290 g/mol. The first-order valence-corrected chi connectivity index (χ1v) is 11.1. The van der Waals surface area contributed by atoms with Crippen molar-refractivity contribution in [3.05, 3.63) is 0 Å². The summed E-state index contributed by atoms with van der Waals surface area (Å²) in [7, 11) is 0. The first-order valence-electron chi connectivity index (χ1n) is 8.18. The Labute approximate surface area is 120 Å². The summed E-state index contributed by atoms with van der Waals surface area (Å²) in [6.45, 7) is 8.26. The first-order chi connectivity index (χ1) is 8.97. The van der Waals surface area contributed by atoms with E-state index in [9.17, 15) is 4.79 Å². The third-order valence-corrected chi connectivity index (χ3v) is 11.1. The van der Waals surface area contributed by atoms with Crippen LogP contribution in [-0.2, 0) is 9.32 Å². The second-order valence-corrected chi connectivity index (χ2v) is 11.9. The van der Waals surface area contributed by atoms with Gasteiger partial charge >= 0.3 is 120 Å². The minimum absolute atomic E-state index is 0.0529. The molecule has 0 aliphatic rings. The zero-order valence-corrected chi connectivity index (χ0v) is 14.7. The number of rotatable bonds is 11. The van der Waals surface area contributed by atoms with E-state index in [1.165, 1.54) is 38.5 Å². The molecular weight excluding hydrogens is 255 g/mol. The molecule has 0 bridgehead atoms. The minimum atomic E-state index is -2.28. The molecule has 19 heavy (non-hydrogen) atoms. The van der Waals surface area contributed by atoms with Gasteiger partial charge in [-0.3, -0.25) is 0 Å². The molecule has 0 amide bonds. The Kier molecular flexibility index (Phi) is 8.90. The number of hydrogen-bond donors (Lipinski definition) is 0. The average Bonchev–Trinajstić information content (AvgIpc) is 2.40. The van der Waals surface area contributed by atoms with Gasteiger partial charge in [0, 0.05) is 0 Å². The van der Waals surface area contributed by atoms with Crippen LogP contribution in [0.5, 0.6) is 0 Å². The third kappa shape index (κ3) is 5.81. The van der Waals surface area contributed by atoms with E-state index in [2.05, 4.69) is 27.7 Å². The van der Waals surface area contributed by atoms with Gasteiger partial charge in [-0.05, 0) is 0 Å². The van der Waals surface area contributed by atoms with Gasteiger partial charge in [0.2, 0.25) is 0 Å². The molecule has 0 aliphatic heterocycles. The van der Waals surface area contributed by atoms with Crippen LogP contribution in [0.4, 0.5) is 0 Å². The summed E-state index contributed by atoms with van der Waals surface area (Å²) in [6, 6.07) is 0. The van der Waals surface area contributed by atoms with E-state index < -0.39 is 6.83 Å². The van der Waals surface area contributed by atoms with Gasteiger partial charge in [-0.25, -0.2) is 0 Å². The van der Waals surface area contributed by atoms with E-state index in [-0.39, 0.29) is 5.97 Å². The van der Waals surface area contributed by atoms with Crippen molar-refractivity contribution in [2.24, 2.45) is 0 Å². The van der Waals surface area contributed by atoms with Gasteiger partial charge in [-0.2, -0.15) is 0 Å². The Balaban J connectivity index is 5.28. The maximum atomic E-state index is 11.7. The molecule has 0 spiro atoms. The molecule has 0 aliphatic carbocycles. The van der Waals surface area contributed by atoms with Gasteiger partial charge in [-0.1, -0.05) is 0 Å². The van der Waals surface area contributed by atoms with Crippen molar-refractivity contribution in [2.45, 2.75) is 73.1 Å². The molecule has 116 valence electrons. The van der Waals surface area contributed by atoms with Crippen molar-refractivity contribution in [2.75, 3.05) is 24.6 Å². The van der Waals surface area contributed by atoms with Crippen LogP contribution in [0.25, 0.3) is 0 Å². The van der Waals surface area contributed by atoms with E-state index in [0.717, 1.165) is 24.6 Å². The van der Waals surface area contributed by atoms with E-state index in [1.54, 1.807) is 6.92 Å². The van der Waals surface area contributed by atoms with Crippen molar-refractivity contribution in [3.63, 3.8) is 0 Å². The van der Waals surface area contributed by atoms with Crippen molar-refractivity contribution in [1.29, 1.82) is 0 Å². The van der Waals surface area contributed by atoms with E-state index in [0.29, 0.717) is 0 Å². The molecule has 3 heteroatoms.